The maximum Gasteiger partial charge on any atom is 0.0273 e. The average molecular weight is 190 g/mol. The quantitative estimate of drug-likeness (QED) is 0.736. The Labute approximate surface area is 86.1 Å². The first-order valence-corrected chi connectivity index (χ1v) is 5.16. The van der Waals surface area contributed by atoms with Crippen molar-refractivity contribution >= 4 is 6.08 Å². The third-order valence-electron chi connectivity index (χ3n) is 2.15. The molecule has 1 N–H and O–H groups in total. The molecule has 2 rings (SSSR count). The van der Waals surface area contributed by atoms with E-state index in [9.17, 15) is 0 Å². The summed E-state index contributed by atoms with van der Waals surface area (Å²) in [5.74, 6) is 0. The number of rotatable bonds is 1. The Kier molecular flexibility index (Phi) is 5.68. The molecule has 2 heterocycles. The van der Waals surface area contributed by atoms with Gasteiger partial charge in [0, 0.05) is 12.4 Å². The molecule has 1 aliphatic rings. The summed E-state index contributed by atoms with van der Waals surface area (Å²) in [6, 6.07) is 3.82. The monoisotopic (exact) mass is 190 g/mol. The van der Waals surface area contributed by atoms with Crippen LogP contribution in [0.2, 0.25) is 0 Å². The second-order valence-electron chi connectivity index (χ2n) is 3.30. The van der Waals surface area contributed by atoms with Gasteiger partial charge >= 0.3 is 0 Å². The van der Waals surface area contributed by atoms with Gasteiger partial charge in [-0.1, -0.05) is 19.1 Å². The molecule has 0 bridgehead atoms. The van der Waals surface area contributed by atoms with E-state index in [-0.39, 0.29) is 0 Å². The molecule has 1 aromatic rings. The van der Waals surface area contributed by atoms with Crippen molar-refractivity contribution < 1.29 is 0 Å². The maximum atomic E-state index is 3.85. The molecule has 0 aliphatic carbocycles. The molecule has 0 spiro atoms. The fourth-order valence-corrected chi connectivity index (χ4v) is 1.30. The van der Waals surface area contributed by atoms with Crippen molar-refractivity contribution in [1.82, 2.24) is 10.3 Å². The van der Waals surface area contributed by atoms with Crippen LogP contribution in [0.1, 0.15) is 24.8 Å². The van der Waals surface area contributed by atoms with Crippen LogP contribution in [0.4, 0.5) is 0 Å². The van der Waals surface area contributed by atoms with Crippen LogP contribution in [0, 0.1) is 0 Å². The lowest BCUT2D eigenvalue weighted by Crippen LogP contribution is -2.21. The third-order valence-corrected chi connectivity index (χ3v) is 2.15. The van der Waals surface area contributed by atoms with E-state index in [4.69, 9.17) is 0 Å². The van der Waals surface area contributed by atoms with E-state index in [0.29, 0.717) is 0 Å². The highest BCUT2D eigenvalue weighted by Crippen LogP contribution is 1.96. The Bertz CT molecular complexity index is 228. The first kappa shape index (κ1) is 10.9. The van der Waals surface area contributed by atoms with Gasteiger partial charge in [-0.25, -0.2) is 0 Å². The van der Waals surface area contributed by atoms with Crippen molar-refractivity contribution in [1.29, 1.82) is 0 Å². The predicted molar refractivity (Wildman–Crippen MR) is 61.0 cm³/mol. The van der Waals surface area contributed by atoms with Gasteiger partial charge in [0.2, 0.25) is 0 Å². The summed E-state index contributed by atoms with van der Waals surface area (Å²) >= 11 is 0. The van der Waals surface area contributed by atoms with Crippen LogP contribution in [-0.4, -0.2) is 18.1 Å². The van der Waals surface area contributed by atoms with Gasteiger partial charge in [0.25, 0.3) is 0 Å². The number of pyridine rings is 1. The van der Waals surface area contributed by atoms with Crippen LogP contribution in [-0.2, 0) is 0 Å². The molecule has 1 aliphatic heterocycles. The van der Waals surface area contributed by atoms with Crippen molar-refractivity contribution in [2.45, 2.75) is 19.3 Å². The Hall–Kier alpha value is -1.15. The first-order valence-electron chi connectivity index (χ1n) is 5.16. The fourth-order valence-electron chi connectivity index (χ4n) is 1.30. The lowest BCUT2D eigenvalue weighted by Gasteiger charge is -2.08. The first-order chi connectivity index (χ1) is 6.93. The maximum absolute atomic E-state index is 3.85. The molecule has 14 heavy (non-hydrogen) atoms. The van der Waals surface area contributed by atoms with E-state index in [1.54, 1.807) is 18.5 Å². The number of nitrogens with one attached hydrogen (secondary N) is 1. The van der Waals surface area contributed by atoms with Crippen molar-refractivity contribution in [3.8, 4) is 0 Å². The van der Waals surface area contributed by atoms with E-state index in [1.165, 1.54) is 32.4 Å². The van der Waals surface area contributed by atoms with Crippen molar-refractivity contribution in [2.24, 2.45) is 0 Å². The third kappa shape index (κ3) is 4.77. The second-order valence-corrected chi connectivity index (χ2v) is 3.30. The van der Waals surface area contributed by atoms with E-state index in [0.717, 1.165) is 5.56 Å². The van der Waals surface area contributed by atoms with E-state index >= 15 is 0 Å². The van der Waals surface area contributed by atoms with Crippen LogP contribution in [0.15, 0.2) is 31.1 Å². The lowest BCUT2D eigenvalue weighted by molar-refractivity contribution is 0.520. The smallest absolute Gasteiger partial charge is 0.0273 e. The molecule has 0 saturated carbocycles. The topological polar surface area (TPSA) is 24.9 Å². The minimum absolute atomic E-state index is 1.11. The van der Waals surface area contributed by atoms with Crippen molar-refractivity contribution in [3.63, 3.8) is 0 Å². The summed E-state index contributed by atoms with van der Waals surface area (Å²) in [6.45, 7) is 6.10. The van der Waals surface area contributed by atoms with E-state index in [1.807, 2.05) is 12.1 Å². The average Bonchev–Trinajstić information content (AvgIpc) is 2.33. The summed E-state index contributed by atoms with van der Waals surface area (Å²) in [7, 11) is 0. The largest absolute Gasteiger partial charge is 0.317 e. The van der Waals surface area contributed by atoms with Gasteiger partial charge in [-0.15, -0.1) is 0 Å². The highest BCUT2D eigenvalue weighted by Gasteiger charge is 1.93. The fraction of sp³-hybridized carbons (Fsp3) is 0.417. The van der Waals surface area contributed by atoms with Crippen LogP contribution in [0.3, 0.4) is 0 Å². The second kappa shape index (κ2) is 7.27. The summed E-state index contributed by atoms with van der Waals surface area (Å²) < 4.78 is 0. The zero-order valence-corrected chi connectivity index (χ0v) is 8.58. The van der Waals surface area contributed by atoms with Gasteiger partial charge in [-0.3, -0.25) is 4.98 Å². The van der Waals surface area contributed by atoms with Gasteiger partial charge in [0.05, 0.1) is 0 Å². The van der Waals surface area contributed by atoms with Gasteiger partial charge in [-0.05, 0) is 43.6 Å². The number of aromatic nitrogens is 1. The summed E-state index contributed by atoms with van der Waals surface area (Å²) in [5, 5.41) is 3.28. The Morgan fingerprint density at radius 1 is 1.14 bits per heavy atom. The van der Waals surface area contributed by atoms with Gasteiger partial charge in [0.1, 0.15) is 0 Å². The lowest BCUT2D eigenvalue weighted by atomic mass is 10.2. The summed E-state index contributed by atoms with van der Waals surface area (Å²) in [4.78, 5) is 3.85. The molecule has 1 aromatic heterocycles. The predicted octanol–water partition coefficient (Wildman–Crippen LogP) is 2.48. The Balaban J connectivity index is 0.000000146. The molecule has 0 atom stereocenters. The molecular weight excluding hydrogens is 172 g/mol. The van der Waals surface area contributed by atoms with E-state index in [2.05, 4.69) is 16.9 Å². The Morgan fingerprint density at radius 2 is 1.79 bits per heavy atom. The van der Waals surface area contributed by atoms with Gasteiger partial charge in [-0.2, -0.15) is 0 Å². The zero-order chi connectivity index (χ0) is 10.1. The number of piperidine rings is 1. The molecule has 1 saturated heterocycles. The van der Waals surface area contributed by atoms with Crippen molar-refractivity contribution in [3.05, 3.63) is 36.7 Å². The number of hydrogen-bond donors (Lipinski definition) is 1. The summed E-state index contributed by atoms with van der Waals surface area (Å²) in [5.41, 5.74) is 1.11. The number of hydrogen-bond acceptors (Lipinski definition) is 2. The SMILES string of the molecule is C1CCNCC1.C=Cc1ccncc1. The highest BCUT2D eigenvalue weighted by atomic mass is 14.9. The zero-order valence-electron chi connectivity index (χ0n) is 8.58. The number of nitrogens with zero attached hydrogens (tertiary/aromatic N) is 1. The van der Waals surface area contributed by atoms with Crippen LogP contribution in [0.25, 0.3) is 6.08 Å². The van der Waals surface area contributed by atoms with Crippen molar-refractivity contribution in [2.75, 3.05) is 13.1 Å². The normalized spacial score (nSPS) is 15.1. The molecule has 2 nitrogen and oxygen atoms in total. The molecule has 0 amide bonds. The standard InChI is InChI=1S/C7H7N.C5H11N/c1-2-7-3-5-8-6-4-7;1-2-4-6-5-3-1/h2-6H,1H2;6H,1-5H2. The van der Waals surface area contributed by atoms with Gasteiger partial charge in [0.15, 0.2) is 0 Å². The summed E-state index contributed by atoms with van der Waals surface area (Å²) in [6.07, 6.45) is 9.50. The Morgan fingerprint density at radius 3 is 2.07 bits per heavy atom. The van der Waals surface area contributed by atoms with E-state index < -0.39 is 0 Å². The molecule has 0 radical (unpaired) electrons. The highest BCUT2D eigenvalue weighted by molar-refractivity contribution is 5.44. The molecule has 76 valence electrons. The molecule has 0 aromatic carbocycles. The van der Waals surface area contributed by atoms with Gasteiger partial charge < -0.3 is 5.32 Å². The minimum atomic E-state index is 1.11. The van der Waals surface area contributed by atoms with Crippen LogP contribution >= 0.6 is 0 Å². The molecule has 1 fully saturated rings. The molecule has 0 unspecified atom stereocenters. The minimum Gasteiger partial charge on any atom is -0.317 e. The van der Waals surface area contributed by atoms with Crippen LogP contribution in [0.5, 0.6) is 0 Å². The molecular formula is C12H18N2. The molecule has 2 heteroatoms. The van der Waals surface area contributed by atoms with Crippen LogP contribution < -0.4 is 5.32 Å².